The summed E-state index contributed by atoms with van der Waals surface area (Å²) in [5.74, 6) is 0.993. The van der Waals surface area contributed by atoms with Crippen LogP contribution in [0.1, 0.15) is 25.3 Å². The Hall–Kier alpha value is -2.35. The molecule has 1 N–H and O–H groups in total. The normalized spacial score (nSPS) is 23.1. The molecule has 2 aliphatic heterocycles. The van der Waals surface area contributed by atoms with Gasteiger partial charge in [-0.15, -0.1) is 10.2 Å². The number of likely N-dealkylation sites (N-methyl/N-ethyl adjacent to an activating group) is 1. The van der Waals surface area contributed by atoms with Crippen LogP contribution in [0.5, 0.6) is 5.75 Å². The summed E-state index contributed by atoms with van der Waals surface area (Å²) in [6.07, 6.45) is -2.16. The van der Waals surface area contributed by atoms with E-state index in [0.717, 1.165) is 50.6 Å². The molecule has 0 aliphatic carbocycles. The van der Waals surface area contributed by atoms with E-state index in [4.69, 9.17) is 0 Å². The molecule has 2 fully saturated rings. The van der Waals surface area contributed by atoms with Crippen LogP contribution in [-0.4, -0.2) is 52.4 Å². The number of anilines is 1. The van der Waals surface area contributed by atoms with E-state index in [9.17, 15) is 18.3 Å². The highest BCUT2D eigenvalue weighted by Gasteiger charge is 2.38. The number of halogens is 3. The molecule has 0 amide bonds. The second kappa shape index (κ2) is 7.24. The number of aromatic hydroxyl groups is 1. The number of hydrogen-bond donors (Lipinski definition) is 1. The maximum atomic E-state index is 12.8. The molecule has 2 saturated heterocycles. The zero-order valence-corrected chi connectivity index (χ0v) is 15.7. The fourth-order valence-electron chi connectivity index (χ4n) is 4.32. The van der Waals surface area contributed by atoms with Gasteiger partial charge in [0.25, 0.3) is 0 Å². The van der Waals surface area contributed by atoms with Crippen molar-refractivity contribution in [1.82, 2.24) is 15.1 Å². The Labute approximate surface area is 161 Å². The minimum absolute atomic E-state index is 0.237. The molecule has 150 valence electrons. The standard InChI is InChI=1S/C20H23F3N4O/c1-2-26-9-7-13-8-10-27(17(13)12-26)19-6-5-16(24-25-19)15-4-3-14(11-18(15)28)20(21,22)23/h3-6,11,13,17,28H,2,7-10,12H2,1H3/t13-,17-/m1/s1. The lowest BCUT2D eigenvalue weighted by molar-refractivity contribution is -0.137. The highest BCUT2D eigenvalue weighted by Crippen LogP contribution is 2.37. The van der Waals surface area contributed by atoms with E-state index in [1.54, 1.807) is 6.07 Å². The molecule has 1 aromatic carbocycles. The Bertz CT molecular complexity index is 840. The van der Waals surface area contributed by atoms with Crippen LogP contribution >= 0.6 is 0 Å². The zero-order valence-electron chi connectivity index (χ0n) is 15.7. The third-order valence-corrected chi connectivity index (χ3v) is 5.94. The molecule has 8 heteroatoms. The number of hydrogen-bond acceptors (Lipinski definition) is 5. The topological polar surface area (TPSA) is 52.5 Å². The van der Waals surface area contributed by atoms with E-state index in [1.165, 1.54) is 12.5 Å². The third-order valence-electron chi connectivity index (χ3n) is 5.94. The van der Waals surface area contributed by atoms with Crippen molar-refractivity contribution < 1.29 is 18.3 Å². The van der Waals surface area contributed by atoms with Gasteiger partial charge in [0, 0.05) is 24.7 Å². The second-order valence-corrected chi connectivity index (χ2v) is 7.50. The Morgan fingerprint density at radius 2 is 1.89 bits per heavy atom. The predicted molar refractivity (Wildman–Crippen MR) is 100 cm³/mol. The summed E-state index contributed by atoms with van der Waals surface area (Å²) in [6, 6.07) is 6.86. The molecular formula is C20H23F3N4O. The van der Waals surface area contributed by atoms with Gasteiger partial charge in [-0.2, -0.15) is 13.2 Å². The van der Waals surface area contributed by atoms with Crippen LogP contribution in [0.3, 0.4) is 0 Å². The SMILES string of the molecule is CCN1CC[C@@H]2CCN(c3ccc(-c4ccc(C(F)(F)F)cc4O)nn3)[C@@H]2C1. The lowest BCUT2D eigenvalue weighted by Gasteiger charge is -2.38. The lowest BCUT2D eigenvalue weighted by atomic mass is 9.92. The van der Waals surface area contributed by atoms with Gasteiger partial charge in [0.05, 0.1) is 11.3 Å². The molecule has 5 nitrogen and oxygen atoms in total. The van der Waals surface area contributed by atoms with Gasteiger partial charge in [-0.05, 0) is 62.2 Å². The van der Waals surface area contributed by atoms with Gasteiger partial charge in [-0.1, -0.05) is 6.92 Å². The number of rotatable bonds is 3. The van der Waals surface area contributed by atoms with Gasteiger partial charge in [-0.25, -0.2) is 0 Å². The van der Waals surface area contributed by atoms with Crippen molar-refractivity contribution >= 4 is 5.82 Å². The first-order valence-electron chi connectivity index (χ1n) is 9.60. The Morgan fingerprint density at radius 3 is 2.54 bits per heavy atom. The molecule has 4 rings (SSSR count). The van der Waals surface area contributed by atoms with Crippen LogP contribution in [0.4, 0.5) is 19.0 Å². The Morgan fingerprint density at radius 1 is 1.11 bits per heavy atom. The first-order chi connectivity index (χ1) is 13.4. The molecule has 0 unspecified atom stereocenters. The van der Waals surface area contributed by atoms with Crippen LogP contribution in [-0.2, 0) is 6.18 Å². The molecule has 0 saturated carbocycles. The van der Waals surface area contributed by atoms with E-state index >= 15 is 0 Å². The first-order valence-corrected chi connectivity index (χ1v) is 9.60. The third kappa shape index (κ3) is 3.53. The lowest BCUT2D eigenvalue weighted by Crippen LogP contribution is -2.48. The van der Waals surface area contributed by atoms with Gasteiger partial charge in [0.1, 0.15) is 5.75 Å². The van der Waals surface area contributed by atoms with Gasteiger partial charge >= 0.3 is 6.18 Å². The summed E-state index contributed by atoms with van der Waals surface area (Å²) >= 11 is 0. The number of aromatic nitrogens is 2. The molecule has 1 aromatic heterocycles. The van der Waals surface area contributed by atoms with Gasteiger partial charge in [-0.3, -0.25) is 0 Å². The predicted octanol–water partition coefficient (Wildman–Crippen LogP) is 3.79. The molecule has 2 aliphatic rings. The maximum Gasteiger partial charge on any atom is 0.416 e. The molecule has 0 spiro atoms. The number of nitrogens with zero attached hydrogens (tertiary/aromatic N) is 4. The van der Waals surface area contributed by atoms with Crippen molar-refractivity contribution in [3.8, 4) is 17.0 Å². The number of piperidine rings is 1. The second-order valence-electron chi connectivity index (χ2n) is 7.50. The van der Waals surface area contributed by atoms with E-state index < -0.39 is 17.5 Å². The number of phenolic OH excluding ortho intramolecular Hbond substituents is 1. The maximum absolute atomic E-state index is 12.8. The summed E-state index contributed by atoms with van der Waals surface area (Å²) in [4.78, 5) is 4.73. The van der Waals surface area contributed by atoms with Crippen molar-refractivity contribution in [2.45, 2.75) is 32.0 Å². The average molecular weight is 392 g/mol. The Kier molecular flexibility index (Phi) is 4.91. The number of alkyl halides is 3. The van der Waals surface area contributed by atoms with Crippen molar-refractivity contribution in [2.75, 3.05) is 31.1 Å². The molecule has 3 heterocycles. The molecular weight excluding hydrogens is 369 g/mol. The van der Waals surface area contributed by atoms with E-state index in [-0.39, 0.29) is 5.56 Å². The largest absolute Gasteiger partial charge is 0.507 e. The number of likely N-dealkylation sites (tertiary alicyclic amines) is 1. The summed E-state index contributed by atoms with van der Waals surface area (Å²) in [6.45, 7) is 6.31. The summed E-state index contributed by atoms with van der Waals surface area (Å²) in [7, 11) is 0. The first kappa shape index (κ1) is 19.0. The van der Waals surface area contributed by atoms with E-state index in [2.05, 4.69) is 26.9 Å². The summed E-state index contributed by atoms with van der Waals surface area (Å²) in [5.41, 5.74) is -0.301. The van der Waals surface area contributed by atoms with Crippen molar-refractivity contribution in [3.05, 3.63) is 35.9 Å². The fraction of sp³-hybridized carbons (Fsp3) is 0.500. The number of benzene rings is 1. The zero-order chi connectivity index (χ0) is 19.9. The van der Waals surface area contributed by atoms with Crippen LogP contribution < -0.4 is 4.90 Å². The van der Waals surface area contributed by atoms with Crippen molar-refractivity contribution in [2.24, 2.45) is 5.92 Å². The summed E-state index contributed by atoms with van der Waals surface area (Å²) < 4.78 is 38.3. The number of phenols is 1. The van der Waals surface area contributed by atoms with Crippen molar-refractivity contribution in [1.29, 1.82) is 0 Å². The monoisotopic (exact) mass is 392 g/mol. The fourth-order valence-corrected chi connectivity index (χ4v) is 4.32. The minimum Gasteiger partial charge on any atom is -0.507 e. The minimum atomic E-state index is -4.50. The quantitative estimate of drug-likeness (QED) is 0.861. The molecule has 28 heavy (non-hydrogen) atoms. The van der Waals surface area contributed by atoms with Crippen LogP contribution in [0, 0.1) is 5.92 Å². The van der Waals surface area contributed by atoms with Crippen molar-refractivity contribution in [3.63, 3.8) is 0 Å². The average Bonchev–Trinajstić information content (AvgIpc) is 3.10. The molecule has 2 atom stereocenters. The van der Waals surface area contributed by atoms with Crippen LogP contribution in [0.15, 0.2) is 30.3 Å². The molecule has 2 aromatic rings. The molecule has 0 bridgehead atoms. The molecule has 0 radical (unpaired) electrons. The Balaban J connectivity index is 1.55. The van der Waals surface area contributed by atoms with E-state index in [0.29, 0.717) is 17.7 Å². The van der Waals surface area contributed by atoms with Crippen LogP contribution in [0.2, 0.25) is 0 Å². The van der Waals surface area contributed by atoms with Crippen LogP contribution in [0.25, 0.3) is 11.3 Å². The highest BCUT2D eigenvalue weighted by molar-refractivity contribution is 5.67. The smallest absolute Gasteiger partial charge is 0.416 e. The summed E-state index contributed by atoms with van der Waals surface area (Å²) in [5, 5.41) is 18.5. The highest BCUT2D eigenvalue weighted by atomic mass is 19.4. The van der Waals surface area contributed by atoms with Gasteiger partial charge in [0.2, 0.25) is 0 Å². The van der Waals surface area contributed by atoms with Gasteiger partial charge < -0.3 is 14.9 Å². The number of fused-ring (bicyclic) bond motifs is 1. The van der Waals surface area contributed by atoms with E-state index in [1.807, 2.05) is 6.07 Å². The van der Waals surface area contributed by atoms with Gasteiger partial charge in [0.15, 0.2) is 5.82 Å².